The third kappa shape index (κ3) is 4.93. The van der Waals surface area contributed by atoms with Crippen LogP contribution in [-0.4, -0.2) is 30.2 Å². The first-order valence-electron chi connectivity index (χ1n) is 8.33. The van der Waals surface area contributed by atoms with Crippen LogP contribution in [0, 0.1) is 5.41 Å². The molecule has 3 N–H and O–H groups in total. The third-order valence-corrected chi connectivity index (χ3v) is 5.18. The van der Waals surface area contributed by atoms with Crippen LogP contribution >= 0.6 is 12.4 Å². The molecule has 1 amide bonds. The van der Waals surface area contributed by atoms with Gasteiger partial charge in [-0.25, -0.2) is 0 Å². The molecular formula is C18H29ClN2O2. The Morgan fingerprint density at radius 1 is 1.30 bits per heavy atom. The van der Waals surface area contributed by atoms with Gasteiger partial charge in [-0.2, -0.15) is 0 Å². The first-order valence-corrected chi connectivity index (χ1v) is 8.33. The smallest absolute Gasteiger partial charge is 0.237 e. The highest BCUT2D eigenvalue weighted by Crippen LogP contribution is 2.29. The predicted molar refractivity (Wildman–Crippen MR) is 95.7 cm³/mol. The van der Waals surface area contributed by atoms with Crippen molar-refractivity contribution in [3.63, 3.8) is 0 Å². The van der Waals surface area contributed by atoms with E-state index < -0.39 is 0 Å². The van der Waals surface area contributed by atoms with Crippen molar-refractivity contribution in [3.05, 3.63) is 35.4 Å². The Hall–Kier alpha value is -1.10. The second-order valence-electron chi connectivity index (χ2n) is 6.30. The van der Waals surface area contributed by atoms with Gasteiger partial charge in [0.05, 0.1) is 6.04 Å². The number of carbonyl (C=O) groups is 1. The van der Waals surface area contributed by atoms with Gasteiger partial charge in [-0.15, -0.1) is 12.4 Å². The molecule has 0 saturated heterocycles. The SMILES string of the molecule is CCC(CC)(CCO)CNC(=O)C1Cc2ccccc2CN1.Cl. The first-order chi connectivity index (χ1) is 10.6. The van der Waals surface area contributed by atoms with Gasteiger partial charge >= 0.3 is 0 Å². The molecule has 23 heavy (non-hydrogen) atoms. The van der Waals surface area contributed by atoms with E-state index in [2.05, 4.69) is 36.6 Å². The number of benzene rings is 1. The van der Waals surface area contributed by atoms with Crippen LogP contribution in [0.1, 0.15) is 44.2 Å². The minimum Gasteiger partial charge on any atom is -0.396 e. The molecule has 0 saturated carbocycles. The molecule has 1 aromatic rings. The predicted octanol–water partition coefficient (Wildman–Crippen LogP) is 2.43. The van der Waals surface area contributed by atoms with E-state index in [4.69, 9.17) is 0 Å². The summed E-state index contributed by atoms with van der Waals surface area (Å²) in [7, 11) is 0. The number of aliphatic hydroxyl groups excluding tert-OH is 1. The van der Waals surface area contributed by atoms with Gasteiger partial charge < -0.3 is 15.7 Å². The number of hydrogen-bond donors (Lipinski definition) is 3. The van der Waals surface area contributed by atoms with Crippen LogP contribution in [0.2, 0.25) is 0 Å². The Morgan fingerprint density at radius 3 is 2.57 bits per heavy atom. The average Bonchev–Trinajstić information content (AvgIpc) is 2.58. The van der Waals surface area contributed by atoms with E-state index in [1.807, 2.05) is 12.1 Å². The molecule has 1 heterocycles. The van der Waals surface area contributed by atoms with E-state index in [-0.39, 0.29) is 36.4 Å². The minimum absolute atomic E-state index is 0. The maximum absolute atomic E-state index is 12.5. The monoisotopic (exact) mass is 340 g/mol. The summed E-state index contributed by atoms with van der Waals surface area (Å²) in [6.07, 6.45) is 3.41. The van der Waals surface area contributed by atoms with Gasteiger partial charge in [0.15, 0.2) is 0 Å². The van der Waals surface area contributed by atoms with Crippen molar-refractivity contribution >= 4 is 18.3 Å². The van der Waals surface area contributed by atoms with Crippen molar-refractivity contribution in [2.45, 2.75) is 52.1 Å². The normalized spacial score (nSPS) is 17.1. The first kappa shape index (κ1) is 19.9. The van der Waals surface area contributed by atoms with Crippen molar-refractivity contribution in [3.8, 4) is 0 Å². The fourth-order valence-corrected chi connectivity index (χ4v) is 3.22. The Labute approximate surface area is 145 Å². The van der Waals surface area contributed by atoms with Crippen LogP contribution in [-0.2, 0) is 17.8 Å². The standard InChI is InChI=1S/C18H28N2O2.ClH/c1-3-18(4-2,9-10-21)13-20-17(22)16-11-14-7-5-6-8-15(14)12-19-16;/h5-8,16,19,21H,3-4,9-13H2,1-2H3,(H,20,22);1H. The number of rotatable bonds is 7. The maximum Gasteiger partial charge on any atom is 0.237 e. The summed E-state index contributed by atoms with van der Waals surface area (Å²) >= 11 is 0. The molecule has 5 heteroatoms. The number of amides is 1. The second kappa shape index (κ2) is 9.26. The molecule has 4 nitrogen and oxygen atoms in total. The molecule has 0 radical (unpaired) electrons. The quantitative estimate of drug-likeness (QED) is 0.714. The summed E-state index contributed by atoms with van der Waals surface area (Å²) in [6, 6.07) is 8.11. The van der Waals surface area contributed by atoms with Gasteiger partial charge in [0.1, 0.15) is 0 Å². The molecule has 1 atom stereocenters. The third-order valence-electron chi connectivity index (χ3n) is 5.18. The van der Waals surface area contributed by atoms with E-state index in [9.17, 15) is 9.90 Å². The fourth-order valence-electron chi connectivity index (χ4n) is 3.22. The molecule has 2 rings (SSSR count). The molecule has 1 aliphatic heterocycles. The number of nitrogens with one attached hydrogen (secondary N) is 2. The van der Waals surface area contributed by atoms with Crippen molar-refractivity contribution in [1.82, 2.24) is 10.6 Å². The average molecular weight is 341 g/mol. The number of aliphatic hydroxyl groups is 1. The molecular weight excluding hydrogens is 312 g/mol. The summed E-state index contributed by atoms with van der Waals surface area (Å²) in [6.45, 7) is 5.81. The molecule has 1 unspecified atom stereocenters. The van der Waals surface area contributed by atoms with E-state index >= 15 is 0 Å². The Kier molecular flexibility index (Phi) is 8.03. The number of hydrogen-bond acceptors (Lipinski definition) is 3. The summed E-state index contributed by atoms with van der Waals surface area (Å²) in [4.78, 5) is 12.5. The molecule has 0 aromatic heterocycles. The molecule has 1 aliphatic rings. The number of carbonyl (C=O) groups excluding carboxylic acids is 1. The highest BCUT2D eigenvalue weighted by atomic mass is 35.5. The lowest BCUT2D eigenvalue weighted by Gasteiger charge is -2.33. The largest absolute Gasteiger partial charge is 0.396 e. The number of halogens is 1. The molecule has 0 aliphatic carbocycles. The fraction of sp³-hybridized carbons (Fsp3) is 0.611. The van der Waals surface area contributed by atoms with Crippen molar-refractivity contribution < 1.29 is 9.90 Å². The lowest BCUT2D eigenvalue weighted by Crippen LogP contribution is -2.50. The van der Waals surface area contributed by atoms with E-state index in [0.29, 0.717) is 6.54 Å². The van der Waals surface area contributed by atoms with Crippen molar-refractivity contribution in [2.75, 3.05) is 13.2 Å². The van der Waals surface area contributed by atoms with Gasteiger partial charge in [-0.05, 0) is 42.2 Å². The molecule has 0 bridgehead atoms. The second-order valence-corrected chi connectivity index (χ2v) is 6.30. The van der Waals surface area contributed by atoms with Crippen molar-refractivity contribution in [2.24, 2.45) is 5.41 Å². The molecule has 1 aromatic carbocycles. The highest BCUT2D eigenvalue weighted by molar-refractivity contribution is 5.85. The lowest BCUT2D eigenvalue weighted by molar-refractivity contribution is -0.124. The summed E-state index contributed by atoms with van der Waals surface area (Å²) in [5.74, 6) is 0.0683. The zero-order valence-electron chi connectivity index (χ0n) is 14.1. The van der Waals surface area contributed by atoms with Crippen LogP contribution in [0.5, 0.6) is 0 Å². The lowest BCUT2D eigenvalue weighted by atomic mass is 9.79. The molecule has 0 fully saturated rings. The summed E-state index contributed by atoms with van der Waals surface area (Å²) < 4.78 is 0. The van der Waals surface area contributed by atoms with Crippen LogP contribution in [0.4, 0.5) is 0 Å². The summed E-state index contributed by atoms with van der Waals surface area (Å²) in [5, 5.41) is 15.7. The van der Waals surface area contributed by atoms with Crippen LogP contribution in [0.25, 0.3) is 0 Å². The van der Waals surface area contributed by atoms with Gasteiger partial charge in [-0.3, -0.25) is 4.79 Å². The topological polar surface area (TPSA) is 61.4 Å². The highest BCUT2D eigenvalue weighted by Gasteiger charge is 2.29. The number of fused-ring (bicyclic) bond motifs is 1. The Balaban J connectivity index is 0.00000264. The van der Waals surface area contributed by atoms with Gasteiger partial charge in [0, 0.05) is 19.7 Å². The van der Waals surface area contributed by atoms with Crippen LogP contribution in [0.15, 0.2) is 24.3 Å². The van der Waals surface area contributed by atoms with Crippen LogP contribution < -0.4 is 10.6 Å². The van der Waals surface area contributed by atoms with Gasteiger partial charge in [0.25, 0.3) is 0 Å². The van der Waals surface area contributed by atoms with Crippen LogP contribution in [0.3, 0.4) is 0 Å². The summed E-state index contributed by atoms with van der Waals surface area (Å²) in [5.41, 5.74) is 2.55. The van der Waals surface area contributed by atoms with E-state index in [1.165, 1.54) is 11.1 Å². The molecule has 0 spiro atoms. The zero-order chi connectivity index (χ0) is 16.0. The molecule has 130 valence electrons. The van der Waals surface area contributed by atoms with E-state index in [0.717, 1.165) is 32.2 Å². The Bertz CT molecular complexity index is 504. The Morgan fingerprint density at radius 2 is 1.96 bits per heavy atom. The van der Waals surface area contributed by atoms with Gasteiger partial charge in [0.2, 0.25) is 5.91 Å². The van der Waals surface area contributed by atoms with Crippen molar-refractivity contribution in [1.29, 1.82) is 0 Å². The van der Waals surface area contributed by atoms with E-state index in [1.54, 1.807) is 0 Å². The van der Waals surface area contributed by atoms with Gasteiger partial charge in [-0.1, -0.05) is 38.1 Å². The minimum atomic E-state index is -0.157. The maximum atomic E-state index is 12.5. The zero-order valence-corrected chi connectivity index (χ0v) is 14.9.